The number of nitrogens with one attached hydrogen (secondary N) is 1. The number of hydrogen-bond acceptors (Lipinski definition) is 8. The van der Waals surface area contributed by atoms with Gasteiger partial charge in [-0.25, -0.2) is 9.78 Å². The summed E-state index contributed by atoms with van der Waals surface area (Å²) in [7, 11) is 0. The molecular weight excluding hydrogens is 398 g/mol. The summed E-state index contributed by atoms with van der Waals surface area (Å²) in [6.07, 6.45) is 0. The smallest absolute Gasteiger partial charge is 0.342 e. The van der Waals surface area contributed by atoms with E-state index in [1.165, 1.54) is 22.7 Å². The molecule has 0 fully saturated rings. The molecule has 0 aliphatic heterocycles. The lowest BCUT2D eigenvalue weighted by Gasteiger charge is -2.10. The van der Waals surface area contributed by atoms with Crippen molar-refractivity contribution in [1.82, 2.24) is 4.98 Å². The Morgan fingerprint density at radius 3 is 2.82 bits per heavy atom. The summed E-state index contributed by atoms with van der Waals surface area (Å²) in [5.74, 6) is -0.848. The van der Waals surface area contributed by atoms with E-state index >= 15 is 0 Å². The highest BCUT2D eigenvalue weighted by Gasteiger charge is 2.16. The first-order valence-electron chi connectivity index (χ1n) is 8.14. The molecule has 2 heterocycles. The third-order valence-corrected chi connectivity index (χ3v) is 5.17. The highest BCUT2D eigenvalue weighted by molar-refractivity contribution is 7.14. The summed E-state index contributed by atoms with van der Waals surface area (Å²) in [5, 5.41) is 16.4. The number of carbonyl (C=O) groups excluding carboxylic acids is 2. The van der Waals surface area contributed by atoms with E-state index in [9.17, 15) is 9.59 Å². The Bertz CT molecular complexity index is 1040. The van der Waals surface area contributed by atoms with Crippen LogP contribution >= 0.6 is 22.7 Å². The molecule has 1 N–H and O–H groups in total. The standard InChI is InChI=1S/C19H15N3O4S2/c1-12-21-14(11-28-12)9-25-16-5-3-2-4-15(16)19(24)26-10-17(23)22-18-13(8-20)6-7-27-18/h2-7,11H,9-10H2,1H3,(H,22,23). The van der Waals surface area contributed by atoms with Crippen molar-refractivity contribution in [2.75, 3.05) is 11.9 Å². The Hall–Kier alpha value is -3.22. The van der Waals surface area contributed by atoms with Crippen LogP contribution in [0.3, 0.4) is 0 Å². The fourth-order valence-corrected chi connectivity index (χ4v) is 3.60. The molecule has 2 aromatic heterocycles. The molecule has 7 nitrogen and oxygen atoms in total. The topological polar surface area (TPSA) is 101 Å². The molecule has 0 unspecified atom stereocenters. The summed E-state index contributed by atoms with van der Waals surface area (Å²) in [6.45, 7) is 1.66. The van der Waals surface area contributed by atoms with E-state index in [1.54, 1.807) is 35.7 Å². The van der Waals surface area contributed by atoms with Crippen molar-refractivity contribution in [2.24, 2.45) is 0 Å². The minimum absolute atomic E-state index is 0.219. The number of nitrogens with zero attached hydrogens (tertiary/aromatic N) is 2. The van der Waals surface area contributed by atoms with E-state index in [0.29, 0.717) is 16.3 Å². The zero-order valence-corrected chi connectivity index (χ0v) is 16.4. The van der Waals surface area contributed by atoms with Crippen LogP contribution in [-0.4, -0.2) is 23.5 Å². The van der Waals surface area contributed by atoms with Crippen molar-refractivity contribution in [3.8, 4) is 11.8 Å². The van der Waals surface area contributed by atoms with Gasteiger partial charge in [0.2, 0.25) is 0 Å². The van der Waals surface area contributed by atoms with Crippen molar-refractivity contribution < 1.29 is 19.1 Å². The van der Waals surface area contributed by atoms with Gasteiger partial charge in [-0.2, -0.15) is 5.26 Å². The van der Waals surface area contributed by atoms with Gasteiger partial charge in [-0.05, 0) is 30.5 Å². The first-order chi connectivity index (χ1) is 13.6. The van der Waals surface area contributed by atoms with E-state index in [2.05, 4.69) is 10.3 Å². The Morgan fingerprint density at radius 2 is 2.07 bits per heavy atom. The van der Waals surface area contributed by atoms with Crippen LogP contribution in [0.15, 0.2) is 41.1 Å². The van der Waals surface area contributed by atoms with E-state index in [4.69, 9.17) is 14.7 Å². The summed E-state index contributed by atoms with van der Waals surface area (Å²) >= 11 is 2.74. The third-order valence-electron chi connectivity index (χ3n) is 3.52. The van der Waals surface area contributed by atoms with Crippen LogP contribution in [0.5, 0.6) is 5.75 Å². The molecule has 0 saturated heterocycles. The molecule has 1 amide bonds. The largest absolute Gasteiger partial charge is 0.486 e. The molecule has 1 aromatic carbocycles. The summed E-state index contributed by atoms with van der Waals surface area (Å²) < 4.78 is 10.8. The molecule has 28 heavy (non-hydrogen) atoms. The van der Waals surface area contributed by atoms with E-state index < -0.39 is 18.5 Å². The van der Waals surface area contributed by atoms with Crippen molar-refractivity contribution >= 4 is 39.6 Å². The molecule has 0 radical (unpaired) electrons. The van der Waals surface area contributed by atoms with Gasteiger partial charge in [0.05, 0.1) is 16.3 Å². The number of thiophene rings is 1. The van der Waals surface area contributed by atoms with Gasteiger partial charge in [0.15, 0.2) is 6.61 Å². The first-order valence-corrected chi connectivity index (χ1v) is 9.90. The number of amides is 1. The number of rotatable bonds is 7. The summed E-state index contributed by atoms with van der Waals surface area (Å²) in [5.41, 5.74) is 1.35. The van der Waals surface area contributed by atoms with Crippen molar-refractivity contribution in [3.05, 3.63) is 62.9 Å². The Morgan fingerprint density at radius 1 is 1.25 bits per heavy atom. The van der Waals surface area contributed by atoms with Gasteiger partial charge in [-0.3, -0.25) is 4.79 Å². The van der Waals surface area contributed by atoms with Crippen LogP contribution in [0.4, 0.5) is 5.00 Å². The van der Waals surface area contributed by atoms with Crippen LogP contribution in [-0.2, 0) is 16.1 Å². The average Bonchev–Trinajstić information content (AvgIpc) is 3.33. The first kappa shape index (κ1) is 19.5. The molecule has 3 aromatic rings. The van der Waals surface area contributed by atoms with Crippen LogP contribution in [0, 0.1) is 18.3 Å². The number of aryl methyl sites for hydroxylation is 1. The highest BCUT2D eigenvalue weighted by Crippen LogP contribution is 2.23. The zero-order valence-electron chi connectivity index (χ0n) is 14.8. The van der Waals surface area contributed by atoms with Gasteiger partial charge in [0.1, 0.15) is 29.0 Å². The molecular formula is C19H15N3O4S2. The fourth-order valence-electron chi connectivity index (χ4n) is 2.25. The molecule has 9 heteroatoms. The molecule has 0 aliphatic rings. The van der Waals surface area contributed by atoms with Gasteiger partial charge < -0.3 is 14.8 Å². The van der Waals surface area contributed by atoms with Crippen LogP contribution < -0.4 is 10.1 Å². The lowest BCUT2D eigenvalue weighted by atomic mass is 10.2. The minimum atomic E-state index is -0.674. The Kier molecular flexibility index (Phi) is 6.37. The minimum Gasteiger partial charge on any atom is -0.486 e. The number of para-hydroxylation sites is 1. The zero-order chi connectivity index (χ0) is 19.9. The average molecular weight is 413 g/mol. The van der Waals surface area contributed by atoms with Crippen molar-refractivity contribution in [1.29, 1.82) is 5.26 Å². The number of hydrogen-bond donors (Lipinski definition) is 1. The normalized spacial score (nSPS) is 10.1. The highest BCUT2D eigenvalue weighted by atomic mass is 32.1. The van der Waals surface area contributed by atoms with Crippen molar-refractivity contribution in [2.45, 2.75) is 13.5 Å². The monoisotopic (exact) mass is 413 g/mol. The SMILES string of the molecule is Cc1nc(COc2ccccc2C(=O)OCC(=O)Nc2sccc2C#N)cs1. The summed E-state index contributed by atoms with van der Waals surface area (Å²) in [6, 6.07) is 10.2. The van der Waals surface area contributed by atoms with Gasteiger partial charge in [0, 0.05) is 5.38 Å². The van der Waals surface area contributed by atoms with E-state index in [1.807, 2.05) is 18.4 Å². The number of benzene rings is 1. The maximum Gasteiger partial charge on any atom is 0.342 e. The molecule has 0 spiro atoms. The second kappa shape index (κ2) is 9.12. The number of esters is 1. The van der Waals surface area contributed by atoms with Crippen LogP contribution in [0.25, 0.3) is 0 Å². The molecule has 3 rings (SSSR count). The second-order valence-corrected chi connectivity index (χ2v) is 7.52. The fraction of sp³-hybridized carbons (Fsp3) is 0.158. The predicted octanol–water partition coefficient (Wildman–Crippen LogP) is 3.76. The molecule has 0 aliphatic carbocycles. The molecule has 142 valence electrons. The van der Waals surface area contributed by atoms with Gasteiger partial charge in [0.25, 0.3) is 5.91 Å². The number of thiazole rings is 1. The summed E-state index contributed by atoms with van der Waals surface area (Å²) in [4.78, 5) is 28.7. The predicted molar refractivity (Wildman–Crippen MR) is 106 cm³/mol. The number of carbonyl (C=O) groups is 2. The number of aromatic nitrogens is 1. The van der Waals surface area contributed by atoms with Gasteiger partial charge >= 0.3 is 5.97 Å². The van der Waals surface area contributed by atoms with Crippen LogP contribution in [0.1, 0.15) is 26.6 Å². The Labute approximate surface area is 169 Å². The third kappa shape index (κ3) is 4.94. The second-order valence-electron chi connectivity index (χ2n) is 5.54. The molecule has 0 saturated carbocycles. The van der Waals surface area contributed by atoms with Gasteiger partial charge in [-0.15, -0.1) is 22.7 Å². The van der Waals surface area contributed by atoms with Gasteiger partial charge in [-0.1, -0.05) is 12.1 Å². The van der Waals surface area contributed by atoms with E-state index in [-0.39, 0.29) is 12.2 Å². The number of nitriles is 1. The van der Waals surface area contributed by atoms with Crippen molar-refractivity contribution in [3.63, 3.8) is 0 Å². The Balaban J connectivity index is 1.58. The molecule has 0 atom stereocenters. The van der Waals surface area contributed by atoms with E-state index in [0.717, 1.165) is 10.7 Å². The molecule has 0 bridgehead atoms. The lowest BCUT2D eigenvalue weighted by molar-refractivity contribution is -0.119. The number of ether oxygens (including phenoxy) is 2. The maximum absolute atomic E-state index is 12.4. The number of anilines is 1. The lowest BCUT2D eigenvalue weighted by Crippen LogP contribution is -2.21. The quantitative estimate of drug-likeness (QED) is 0.592. The maximum atomic E-state index is 12.4. The van der Waals surface area contributed by atoms with Crippen LogP contribution in [0.2, 0.25) is 0 Å².